The quantitative estimate of drug-likeness (QED) is 0.814. The fourth-order valence-corrected chi connectivity index (χ4v) is 2.61. The van der Waals surface area contributed by atoms with Gasteiger partial charge >= 0.3 is 6.01 Å². The fourth-order valence-electron chi connectivity index (χ4n) is 2.61. The molecule has 0 saturated heterocycles. The van der Waals surface area contributed by atoms with Crippen molar-refractivity contribution < 1.29 is 4.42 Å². The van der Waals surface area contributed by atoms with Gasteiger partial charge in [-0.25, -0.2) is 0 Å². The molecule has 2 rings (SSSR count). The van der Waals surface area contributed by atoms with Crippen molar-refractivity contribution in [1.29, 1.82) is 0 Å². The minimum atomic E-state index is 0.557. The number of hydrogen-bond donors (Lipinski definition) is 2. The summed E-state index contributed by atoms with van der Waals surface area (Å²) < 4.78 is 5.51. The zero-order chi connectivity index (χ0) is 12.8. The number of anilines is 1. The first kappa shape index (κ1) is 13.3. The van der Waals surface area contributed by atoms with Crippen molar-refractivity contribution in [1.82, 2.24) is 15.5 Å². The van der Waals surface area contributed by atoms with E-state index in [1.807, 2.05) is 0 Å². The van der Waals surface area contributed by atoms with Gasteiger partial charge in [-0.1, -0.05) is 31.8 Å². The Morgan fingerprint density at radius 1 is 1.33 bits per heavy atom. The van der Waals surface area contributed by atoms with Crippen LogP contribution in [0.1, 0.15) is 45.4 Å². The summed E-state index contributed by atoms with van der Waals surface area (Å²) in [6, 6.07) is 0.557. The molecule has 5 nitrogen and oxygen atoms in total. The molecule has 1 fully saturated rings. The molecule has 0 spiro atoms. The lowest BCUT2D eigenvalue weighted by Crippen LogP contribution is -2.21. The number of nitrogens with zero attached hydrogens (tertiary/aromatic N) is 2. The smallest absolute Gasteiger partial charge is 0.315 e. The topological polar surface area (TPSA) is 63.0 Å². The summed E-state index contributed by atoms with van der Waals surface area (Å²) in [5.41, 5.74) is 0. The SMILES string of the molecule is CCNCc1nnc(NCC2CCCC(C)C2)o1. The van der Waals surface area contributed by atoms with Gasteiger partial charge in [-0.05, 0) is 31.2 Å². The van der Waals surface area contributed by atoms with E-state index in [0.717, 1.165) is 24.9 Å². The predicted molar refractivity (Wildman–Crippen MR) is 71.3 cm³/mol. The van der Waals surface area contributed by atoms with E-state index < -0.39 is 0 Å². The molecule has 0 aliphatic heterocycles. The number of nitrogens with one attached hydrogen (secondary N) is 2. The average molecular weight is 252 g/mol. The zero-order valence-corrected chi connectivity index (χ0v) is 11.4. The molecule has 2 N–H and O–H groups in total. The maximum absolute atomic E-state index is 5.51. The maximum atomic E-state index is 5.51. The third kappa shape index (κ3) is 3.98. The zero-order valence-electron chi connectivity index (χ0n) is 11.4. The van der Waals surface area contributed by atoms with Crippen LogP contribution in [-0.4, -0.2) is 23.3 Å². The van der Waals surface area contributed by atoms with Crippen LogP contribution in [0.3, 0.4) is 0 Å². The molecule has 1 saturated carbocycles. The predicted octanol–water partition coefficient (Wildman–Crippen LogP) is 2.42. The Bertz CT molecular complexity index is 353. The van der Waals surface area contributed by atoms with Gasteiger partial charge < -0.3 is 15.1 Å². The van der Waals surface area contributed by atoms with Crippen LogP contribution in [0.25, 0.3) is 0 Å². The molecule has 5 heteroatoms. The molecular formula is C13H24N4O. The molecule has 2 unspecified atom stereocenters. The lowest BCUT2D eigenvalue weighted by molar-refractivity contribution is 0.292. The van der Waals surface area contributed by atoms with Gasteiger partial charge in [-0.15, -0.1) is 5.10 Å². The molecule has 0 radical (unpaired) electrons. The van der Waals surface area contributed by atoms with E-state index in [1.54, 1.807) is 0 Å². The molecule has 1 aromatic heterocycles. The first-order valence-electron chi connectivity index (χ1n) is 7.05. The molecule has 0 amide bonds. The van der Waals surface area contributed by atoms with Crippen LogP contribution in [0.4, 0.5) is 6.01 Å². The Hall–Kier alpha value is -1.10. The third-order valence-corrected chi connectivity index (χ3v) is 3.58. The van der Waals surface area contributed by atoms with Crippen LogP contribution >= 0.6 is 0 Å². The molecule has 1 aromatic rings. The summed E-state index contributed by atoms with van der Waals surface area (Å²) >= 11 is 0. The van der Waals surface area contributed by atoms with Gasteiger partial charge in [0, 0.05) is 6.54 Å². The minimum absolute atomic E-state index is 0.557. The first-order valence-corrected chi connectivity index (χ1v) is 7.05. The van der Waals surface area contributed by atoms with E-state index in [0.29, 0.717) is 18.5 Å². The standard InChI is InChI=1S/C13H24N4O/c1-3-14-9-12-16-17-13(18-12)15-8-11-6-4-5-10(2)7-11/h10-11,14H,3-9H2,1-2H3,(H,15,17). The minimum Gasteiger partial charge on any atom is -0.407 e. The van der Waals surface area contributed by atoms with Crippen molar-refractivity contribution >= 4 is 6.01 Å². The van der Waals surface area contributed by atoms with Gasteiger partial charge in [0.25, 0.3) is 0 Å². The van der Waals surface area contributed by atoms with Gasteiger partial charge in [0.15, 0.2) is 0 Å². The van der Waals surface area contributed by atoms with Crippen molar-refractivity contribution in [3.63, 3.8) is 0 Å². The first-order chi connectivity index (χ1) is 8.78. The largest absolute Gasteiger partial charge is 0.407 e. The van der Waals surface area contributed by atoms with E-state index in [4.69, 9.17) is 4.42 Å². The highest BCUT2D eigenvalue weighted by molar-refractivity contribution is 5.16. The van der Waals surface area contributed by atoms with Crippen molar-refractivity contribution in [3.05, 3.63) is 5.89 Å². The van der Waals surface area contributed by atoms with Gasteiger partial charge in [0.05, 0.1) is 6.54 Å². The van der Waals surface area contributed by atoms with E-state index in [9.17, 15) is 0 Å². The normalized spacial score (nSPS) is 24.1. The number of rotatable bonds is 6. The van der Waals surface area contributed by atoms with Gasteiger partial charge in [0.2, 0.25) is 5.89 Å². The molecule has 2 atom stereocenters. The molecular weight excluding hydrogens is 228 g/mol. The van der Waals surface area contributed by atoms with Gasteiger partial charge in [-0.2, -0.15) is 0 Å². The Morgan fingerprint density at radius 2 is 2.22 bits per heavy atom. The summed E-state index contributed by atoms with van der Waals surface area (Å²) in [4.78, 5) is 0. The molecule has 1 aliphatic rings. The van der Waals surface area contributed by atoms with Crippen molar-refractivity contribution in [2.24, 2.45) is 11.8 Å². The van der Waals surface area contributed by atoms with Gasteiger partial charge in [-0.3, -0.25) is 0 Å². The second-order valence-electron chi connectivity index (χ2n) is 5.30. The maximum Gasteiger partial charge on any atom is 0.315 e. The second-order valence-corrected chi connectivity index (χ2v) is 5.30. The summed E-state index contributed by atoms with van der Waals surface area (Å²) in [5.74, 6) is 2.26. The number of aromatic nitrogens is 2. The molecule has 1 heterocycles. The summed E-state index contributed by atoms with van der Waals surface area (Å²) in [5, 5.41) is 14.4. The Balaban J connectivity index is 1.74. The summed E-state index contributed by atoms with van der Waals surface area (Å²) in [7, 11) is 0. The van der Waals surface area contributed by atoms with Crippen LogP contribution in [0.2, 0.25) is 0 Å². The molecule has 0 aromatic carbocycles. The highest BCUT2D eigenvalue weighted by Gasteiger charge is 2.19. The van der Waals surface area contributed by atoms with Crippen molar-refractivity contribution in [2.45, 2.75) is 46.1 Å². The summed E-state index contributed by atoms with van der Waals surface area (Å²) in [6.45, 7) is 6.90. The molecule has 18 heavy (non-hydrogen) atoms. The molecule has 0 bridgehead atoms. The van der Waals surface area contributed by atoms with Crippen LogP contribution in [0.5, 0.6) is 0 Å². The van der Waals surface area contributed by atoms with Crippen molar-refractivity contribution in [2.75, 3.05) is 18.4 Å². The lowest BCUT2D eigenvalue weighted by Gasteiger charge is -2.26. The highest BCUT2D eigenvalue weighted by Crippen LogP contribution is 2.28. The Morgan fingerprint density at radius 3 is 3.00 bits per heavy atom. The van der Waals surface area contributed by atoms with Crippen molar-refractivity contribution in [3.8, 4) is 0 Å². The van der Waals surface area contributed by atoms with E-state index in [2.05, 4.69) is 34.7 Å². The lowest BCUT2D eigenvalue weighted by atomic mass is 9.82. The summed E-state index contributed by atoms with van der Waals surface area (Å²) in [6.07, 6.45) is 5.36. The third-order valence-electron chi connectivity index (χ3n) is 3.58. The molecule has 1 aliphatic carbocycles. The van der Waals surface area contributed by atoms with Gasteiger partial charge in [0.1, 0.15) is 0 Å². The number of hydrogen-bond acceptors (Lipinski definition) is 5. The van der Waals surface area contributed by atoms with Crippen LogP contribution in [0, 0.1) is 11.8 Å². The van der Waals surface area contributed by atoms with Crippen LogP contribution in [0.15, 0.2) is 4.42 Å². The van der Waals surface area contributed by atoms with E-state index in [1.165, 1.54) is 25.7 Å². The van der Waals surface area contributed by atoms with Crippen LogP contribution in [-0.2, 0) is 6.54 Å². The molecule has 102 valence electrons. The Labute approximate surface area is 109 Å². The average Bonchev–Trinajstić information content (AvgIpc) is 2.82. The van der Waals surface area contributed by atoms with Crippen LogP contribution < -0.4 is 10.6 Å². The fraction of sp³-hybridized carbons (Fsp3) is 0.846. The monoisotopic (exact) mass is 252 g/mol. The highest BCUT2D eigenvalue weighted by atomic mass is 16.4. The second kappa shape index (κ2) is 6.73. The Kier molecular flexibility index (Phi) is 4.99. The van der Waals surface area contributed by atoms with E-state index in [-0.39, 0.29) is 0 Å². The van der Waals surface area contributed by atoms with E-state index >= 15 is 0 Å².